The maximum Gasteiger partial charge on any atom is 0.223 e. The highest BCUT2D eigenvalue weighted by atomic mass is 79.9. The molecule has 2 N–H and O–H groups in total. The monoisotopic (exact) mass is 340 g/mol. The minimum Gasteiger partial charge on any atom is -0.493 e. The van der Waals surface area contributed by atoms with Crippen molar-refractivity contribution in [1.82, 2.24) is 10.6 Å². The summed E-state index contributed by atoms with van der Waals surface area (Å²) in [5.41, 5.74) is 0. The average molecular weight is 341 g/mol. The molecule has 4 nitrogen and oxygen atoms in total. The number of halogens is 1. The lowest BCUT2D eigenvalue weighted by Gasteiger charge is -2.10. The Hall–Kier alpha value is -1.07. The van der Waals surface area contributed by atoms with Crippen LogP contribution < -0.4 is 15.4 Å². The van der Waals surface area contributed by atoms with Crippen LogP contribution in [-0.4, -0.2) is 32.1 Å². The van der Waals surface area contributed by atoms with Crippen LogP contribution in [-0.2, 0) is 4.79 Å². The van der Waals surface area contributed by atoms with Crippen molar-refractivity contribution >= 4 is 21.8 Å². The van der Waals surface area contributed by atoms with E-state index in [2.05, 4.69) is 26.6 Å². The lowest BCUT2D eigenvalue weighted by atomic mass is 10.1. The van der Waals surface area contributed by atoms with Gasteiger partial charge in [0.1, 0.15) is 5.75 Å². The number of rotatable bonds is 7. The van der Waals surface area contributed by atoms with Gasteiger partial charge in [0, 0.05) is 11.0 Å². The minimum absolute atomic E-state index is 0.0611. The van der Waals surface area contributed by atoms with Gasteiger partial charge in [-0.2, -0.15) is 0 Å². The third kappa shape index (κ3) is 5.51. The molecule has 1 unspecified atom stereocenters. The zero-order valence-corrected chi connectivity index (χ0v) is 13.1. The van der Waals surface area contributed by atoms with E-state index in [1.165, 1.54) is 6.42 Å². The van der Waals surface area contributed by atoms with Gasteiger partial charge >= 0.3 is 0 Å². The molecule has 1 atom stereocenters. The molecule has 0 bridgehead atoms. The summed E-state index contributed by atoms with van der Waals surface area (Å²) >= 11 is 3.38. The van der Waals surface area contributed by atoms with Gasteiger partial charge < -0.3 is 15.4 Å². The van der Waals surface area contributed by atoms with Crippen LogP contribution >= 0.6 is 15.9 Å². The molecule has 0 aliphatic carbocycles. The van der Waals surface area contributed by atoms with E-state index in [1.807, 2.05) is 24.3 Å². The number of benzene rings is 1. The molecule has 1 heterocycles. The first kappa shape index (κ1) is 15.3. The fraction of sp³-hybridized carbons (Fsp3) is 0.533. The molecule has 1 aliphatic heterocycles. The molecule has 5 heteroatoms. The molecule has 1 aliphatic rings. The summed E-state index contributed by atoms with van der Waals surface area (Å²) in [5, 5.41) is 6.28. The number of carbonyl (C=O) groups excluding carboxylic acids is 1. The first-order chi connectivity index (χ1) is 9.74. The molecule has 110 valence electrons. The molecule has 1 fully saturated rings. The largest absolute Gasteiger partial charge is 0.493 e. The van der Waals surface area contributed by atoms with E-state index in [0.29, 0.717) is 18.9 Å². The summed E-state index contributed by atoms with van der Waals surface area (Å²) in [4.78, 5) is 11.7. The van der Waals surface area contributed by atoms with Crippen LogP contribution in [0.4, 0.5) is 0 Å². The van der Waals surface area contributed by atoms with Crippen molar-refractivity contribution in [2.24, 2.45) is 5.92 Å². The van der Waals surface area contributed by atoms with Gasteiger partial charge in [-0.25, -0.2) is 0 Å². The molecule has 20 heavy (non-hydrogen) atoms. The summed E-state index contributed by atoms with van der Waals surface area (Å²) in [6, 6.07) is 7.63. The van der Waals surface area contributed by atoms with Crippen molar-refractivity contribution in [2.45, 2.75) is 19.3 Å². The third-order valence-electron chi connectivity index (χ3n) is 3.43. The quantitative estimate of drug-likeness (QED) is 0.800. The van der Waals surface area contributed by atoms with E-state index in [9.17, 15) is 4.79 Å². The smallest absolute Gasteiger partial charge is 0.223 e. The predicted octanol–water partition coefficient (Wildman–Crippen LogP) is 2.33. The van der Waals surface area contributed by atoms with Gasteiger partial charge in [-0.1, -0.05) is 22.0 Å². The molecule has 1 aromatic carbocycles. The maximum absolute atomic E-state index is 11.7. The number of hydrogen-bond acceptors (Lipinski definition) is 3. The van der Waals surface area contributed by atoms with Crippen molar-refractivity contribution in [1.29, 1.82) is 0 Å². The molecule has 1 amide bonds. The second kappa shape index (κ2) is 8.27. The van der Waals surface area contributed by atoms with Crippen LogP contribution in [0.2, 0.25) is 0 Å². The summed E-state index contributed by atoms with van der Waals surface area (Å²) in [7, 11) is 0. The van der Waals surface area contributed by atoms with Crippen molar-refractivity contribution in [3.63, 3.8) is 0 Å². The van der Waals surface area contributed by atoms with Gasteiger partial charge in [0.15, 0.2) is 0 Å². The average Bonchev–Trinajstić information content (AvgIpc) is 2.92. The minimum atomic E-state index is 0.0611. The van der Waals surface area contributed by atoms with Gasteiger partial charge in [-0.3, -0.25) is 4.79 Å². The Morgan fingerprint density at radius 2 is 2.40 bits per heavy atom. The molecule has 1 aromatic rings. The van der Waals surface area contributed by atoms with Crippen molar-refractivity contribution in [3.8, 4) is 5.75 Å². The van der Waals surface area contributed by atoms with E-state index in [4.69, 9.17) is 4.74 Å². The maximum atomic E-state index is 11.7. The Bertz CT molecular complexity index is 434. The SMILES string of the molecule is O=C(CCOc1cccc(Br)c1)NCCC1CCNC1. The summed E-state index contributed by atoms with van der Waals surface area (Å²) in [6.07, 6.45) is 2.68. The molecule has 0 aromatic heterocycles. The van der Waals surface area contributed by atoms with Crippen LogP contribution in [0.1, 0.15) is 19.3 Å². The first-order valence-electron chi connectivity index (χ1n) is 7.10. The number of nitrogens with one attached hydrogen (secondary N) is 2. The van der Waals surface area contributed by atoms with Crippen LogP contribution in [0.3, 0.4) is 0 Å². The third-order valence-corrected chi connectivity index (χ3v) is 3.92. The number of hydrogen-bond donors (Lipinski definition) is 2. The Labute approximate surface area is 128 Å². The predicted molar refractivity (Wildman–Crippen MR) is 82.9 cm³/mol. The molecule has 0 spiro atoms. The van der Waals surface area contributed by atoms with Crippen LogP contribution in [0.5, 0.6) is 5.75 Å². The summed E-state index contributed by atoms with van der Waals surface area (Å²) in [6.45, 7) is 3.37. The van der Waals surface area contributed by atoms with Gasteiger partial charge in [0.05, 0.1) is 13.0 Å². The standard InChI is InChI=1S/C15H21BrN2O2/c16-13-2-1-3-14(10-13)20-9-6-15(19)18-8-5-12-4-7-17-11-12/h1-3,10,12,17H,4-9,11H2,(H,18,19). The highest BCUT2D eigenvalue weighted by molar-refractivity contribution is 9.10. The lowest BCUT2D eigenvalue weighted by molar-refractivity contribution is -0.121. The van der Waals surface area contributed by atoms with Crippen LogP contribution in [0, 0.1) is 5.92 Å². The van der Waals surface area contributed by atoms with E-state index >= 15 is 0 Å². The Morgan fingerprint density at radius 3 is 3.15 bits per heavy atom. The Kier molecular flexibility index (Phi) is 6.33. The first-order valence-corrected chi connectivity index (χ1v) is 7.89. The number of amides is 1. The van der Waals surface area contributed by atoms with Gasteiger partial charge in [-0.05, 0) is 50.0 Å². The lowest BCUT2D eigenvalue weighted by Crippen LogP contribution is -2.27. The van der Waals surface area contributed by atoms with E-state index < -0.39 is 0 Å². The van der Waals surface area contributed by atoms with Gasteiger partial charge in [0.2, 0.25) is 5.91 Å². The zero-order chi connectivity index (χ0) is 14.2. The molecule has 1 saturated heterocycles. The molecule has 2 rings (SSSR count). The fourth-order valence-electron chi connectivity index (χ4n) is 2.28. The molecule has 0 radical (unpaired) electrons. The van der Waals surface area contributed by atoms with Crippen LogP contribution in [0.25, 0.3) is 0 Å². The summed E-state index contributed by atoms with van der Waals surface area (Å²) < 4.78 is 6.51. The number of ether oxygens (including phenoxy) is 1. The van der Waals surface area contributed by atoms with Crippen molar-refractivity contribution in [2.75, 3.05) is 26.2 Å². The van der Waals surface area contributed by atoms with E-state index in [0.717, 1.165) is 36.3 Å². The molecular formula is C15H21BrN2O2. The van der Waals surface area contributed by atoms with Gasteiger partial charge in [0.25, 0.3) is 0 Å². The van der Waals surface area contributed by atoms with Crippen molar-refractivity contribution in [3.05, 3.63) is 28.7 Å². The van der Waals surface area contributed by atoms with Gasteiger partial charge in [-0.15, -0.1) is 0 Å². The molecular weight excluding hydrogens is 320 g/mol. The second-order valence-electron chi connectivity index (χ2n) is 5.05. The summed E-state index contributed by atoms with van der Waals surface area (Å²) in [5.74, 6) is 1.56. The fourth-order valence-corrected chi connectivity index (χ4v) is 2.66. The van der Waals surface area contributed by atoms with E-state index in [1.54, 1.807) is 0 Å². The highest BCUT2D eigenvalue weighted by Crippen LogP contribution is 2.17. The van der Waals surface area contributed by atoms with Crippen LogP contribution in [0.15, 0.2) is 28.7 Å². The number of carbonyl (C=O) groups is 1. The van der Waals surface area contributed by atoms with E-state index in [-0.39, 0.29) is 5.91 Å². The Morgan fingerprint density at radius 1 is 1.50 bits per heavy atom. The Balaban J connectivity index is 1.55. The zero-order valence-electron chi connectivity index (χ0n) is 11.5. The van der Waals surface area contributed by atoms with Crippen molar-refractivity contribution < 1.29 is 9.53 Å². The second-order valence-corrected chi connectivity index (χ2v) is 5.97. The highest BCUT2D eigenvalue weighted by Gasteiger charge is 2.13. The topological polar surface area (TPSA) is 50.4 Å². The normalized spacial score (nSPS) is 17.9. The molecule has 0 saturated carbocycles.